The lowest BCUT2D eigenvalue weighted by Gasteiger charge is -2.22. The van der Waals surface area contributed by atoms with Crippen LogP contribution in [0.3, 0.4) is 0 Å². The fourth-order valence-corrected chi connectivity index (χ4v) is 2.63. The first-order chi connectivity index (χ1) is 8.29. The number of pyridine rings is 1. The van der Waals surface area contributed by atoms with Crippen LogP contribution in [0.25, 0.3) is 0 Å². The van der Waals surface area contributed by atoms with Crippen LogP contribution >= 0.6 is 0 Å². The summed E-state index contributed by atoms with van der Waals surface area (Å²) >= 11 is 0. The van der Waals surface area contributed by atoms with E-state index in [9.17, 15) is 0 Å². The van der Waals surface area contributed by atoms with Gasteiger partial charge in [0.05, 0.1) is 0 Å². The van der Waals surface area contributed by atoms with Gasteiger partial charge in [-0.1, -0.05) is 18.9 Å². The molecule has 94 valence electrons. The first-order valence-corrected chi connectivity index (χ1v) is 6.65. The van der Waals surface area contributed by atoms with E-state index in [1.54, 1.807) is 0 Å². The average Bonchev–Trinajstić information content (AvgIpc) is 2.83. The molecule has 1 saturated carbocycles. The van der Waals surface area contributed by atoms with Crippen LogP contribution in [-0.4, -0.2) is 25.1 Å². The highest BCUT2D eigenvalue weighted by Crippen LogP contribution is 2.26. The zero-order valence-corrected chi connectivity index (χ0v) is 10.7. The molecule has 1 fully saturated rings. The van der Waals surface area contributed by atoms with E-state index < -0.39 is 0 Å². The molecule has 2 rings (SSSR count). The Hall–Kier alpha value is -1.09. The maximum absolute atomic E-state index is 5.53. The quantitative estimate of drug-likeness (QED) is 0.848. The number of hydrogen-bond acceptors (Lipinski definition) is 3. The van der Waals surface area contributed by atoms with Gasteiger partial charge in [-0.15, -0.1) is 0 Å². The van der Waals surface area contributed by atoms with Crippen molar-refractivity contribution >= 4 is 5.82 Å². The maximum Gasteiger partial charge on any atom is 0.128 e. The lowest BCUT2D eigenvalue weighted by molar-refractivity contribution is 0.545. The lowest BCUT2D eigenvalue weighted by atomic mass is 10.1. The predicted molar refractivity (Wildman–Crippen MR) is 72.2 cm³/mol. The molecule has 0 aromatic carbocycles. The van der Waals surface area contributed by atoms with E-state index in [-0.39, 0.29) is 0 Å². The van der Waals surface area contributed by atoms with E-state index in [1.807, 2.05) is 6.20 Å². The van der Waals surface area contributed by atoms with Crippen LogP contribution < -0.4 is 10.6 Å². The van der Waals surface area contributed by atoms with Gasteiger partial charge < -0.3 is 10.6 Å². The zero-order chi connectivity index (χ0) is 12.1. The van der Waals surface area contributed by atoms with Crippen molar-refractivity contribution in [1.29, 1.82) is 0 Å². The Morgan fingerprint density at radius 2 is 2.12 bits per heavy atom. The molecule has 1 aromatic rings. The second-order valence-corrected chi connectivity index (χ2v) is 5.09. The van der Waals surface area contributed by atoms with Crippen LogP contribution in [0.2, 0.25) is 0 Å². The smallest absolute Gasteiger partial charge is 0.128 e. The molecule has 1 aliphatic rings. The molecule has 17 heavy (non-hydrogen) atoms. The molecule has 0 amide bonds. The third-order valence-corrected chi connectivity index (χ3v) is 3.64. The molecule has 0 aliphatic heterocycles. The summed E-state index contributed by atoms with van der Waals surface area (Å²) in [4.78, 5) is 6.79. The highest BCUT2D eigenvalue weighted by Gasteiger charge is 2.17. The largest absolute Gasteiger partial charge is 0.359 e. The van der Waals surface area contributed by atoms with Gasteiger partial charge in [0.25, 0.3) is 0 Å². The van der Waals surface area contributed by atoms with Crippen LogP contribution in [0.5, 0.6) is 0 Å². The lowest BCUT2D eigenvalue weighted by Crippen LogP contribution is -2.24. The van der Waals surface area contributed by atoms with Crippen LogP contribution in [0, 0.1) is 5.92 Å². The molecule has 3 nitrogen and oxygen atoms in total. The van der Waals surface area contributed by atoms with E-state index >= 15 is 0 Å². The Morgan fingerprint density at radius 3 is 2.71 bits per heavy atom. The molecule has 1 aromatic heterocycles. The average molecular weight is 233 g/mol. The SMILES string of the molecule is CN(CC1CCCC1)c1ccc(CCN)cn1. The van der Waals surface area contributed by atoms with Gasteiger partial charge in [0.15, 0.2) is 0 Å². The normalized spacial score (nSPS) is 16.4. The summed E-state index contributed by atoms with van der Waals surface area (Å²) in [6.07, 6.45) is 8.45. The van der Waals surface area contributed by atoms with Crippen molar-refractivity contribution in [3.8, 4) is 0 Å². The predicted octanol–water partition coefficient (Wildman–Crippen LogP) is 2.21. The fraction of sp³-hybridized carbons (Fsp3) is 0.643. The van der Waals surface area contributed by atoms with Gasteiger partial charge in [-0.05, 0) is 43.4 Å². The minimum absolute atomic E-state index is 0.693. The molecular weight excluding hydrogens is 210 g/mol. The van der Waals surface area contributed by atoms with Crippen molar-refractivity contribution in [2.75, 3.05) is 25.0 Å². The molecule has 0 bridgehead atoms. The molecular formula is C14H23N3. The maximum atomic E-state index is 5.53. The molecule has 0 unspecified atom stereocenters. The molecule has 3 heteroatoms. The van der Waals surface area contributed by atoms with Crippen molar-refractivity contribution in [2.45, 2.75) is 32.1 Å². The highest BCUT2D eigenvalue weighted by molar-refractivity contribution is 5.38. The van der Waals surface area contributed by atoms with Crippen molar-refractivity contribution in [2.24, 2.45) is 11.7 Å². The van der Waals surface area contributed by atoms with Gasteiger partial charge in [0, 0.05) is 19.8 Å². The van der Waals surface area contributed by atoms with E-state index in [0.717, 1.165) is 24.7 Å². The number of anilines is 1. The minimum Gasteiger partial charge on any atom is -0.359 e. The number of nitrogens with zero attached hydrogens (tertiary/aromatic N) is 2. The van der Waals surface area contributed by atoms with Crippen molar-refractivity contribution in [3.63, 3.8) is 0 Å². The van der Waals surface area contributed by atoms with Gasteiger partial charge in [-0.3, -0.25) is 0 Å². The monoisotopic (exact) mass is 233 g/mol. The number of nitrogens with two attached hydrogens (primary N) is 1. The van der Waals surface area contributed by atoms with Crippen molar-refractivity contribution in [1.82, 2.24) is 4.98 Å². The van der Waals surface area contributed by atoms with E-state index in [0.29, 0.717) is 6.54 Å². The summed E-state index contributed by atoms with van der Waals surface area (Å²) < 4.78 is 0. The van der Waals surface area contributed by atoms with Crippen molar-refractivity contribution < 1.29 is 0 Å². The molecule has 0 spiro atoms. The standard InChI is InChI=1S/C14H23N3/c1-17(11-13-4-2-3-5-13)14-7-6-12(8-9-15)10-16-14/h6-7,10,13H,2-5,8-9,11,15H2,1H3. The summed E-state index contributed by atoms with van der Waals surface area (Å²) in [5, 5.41) is 0. The van der Waals surface area contributed by atoms with Crippen LogP contribution in [0.15, 0.2) is 18.3 Å². The first-order valence-electron chi connectivity index (χ1n) is 6.65. The highest BCUT2D eigenvalue weighted by atomic mass is 15.2. The van der Waals surface area contributed by atoms with Gasteiger partial charge in [0.2, 0.25) is 0 Å². The summed E-state index contributed by atoms with van der Waals surface area (Å²) in [5.74, 6) is 1.95. The van der Waals surface area contributed by atoms with Gasteiger partial charge >= 0.3 is 0 Å². The van der Waals surface area contributed by atoms with Gasteiger partial charge in [0.1, 0.15) is 5.82 Å². The Labute approximate surface area is 104 Å². The minimum atomic E-state index is 0.693. The van der Waals surface area contributed by atoms with Gasteiger partial charge in [-0.2, -0.15) is 0 Å². The zero-order valence-electron chi connectivity index (χ0n) is 10.7. The van der Waals surface area contributed by atoms with E-state index in [2.05, 4.69) is 29.1 Å². The molecule has 0 atom stereocenters. The summed E-state index contributed by atoms with van der Waals surface area (Å²) in [6, 6.07) is 4.25. The topological polar surface area (TPSA) is 42.1 Å². The third kappa shape index (κ3) is 3.43. The third-order valence-electron chi connectivity index (χ3n) is 3.64. The first kappa shape index (κ1) is 12.4. The summed E-state index contributed by atoms with van der Waals surface area (Å²) in [5.41, 5.74) is 6.76. The number of rotatable bonds is 5. The van der Waals surface area contributed by atoms with E-state index in [1.165, 1.54) is 31.2 Å². The second kappa shape index (κ2) is 6.01. The Bertz CT molecular complexity index is 328. The van der Waals surface area contributed by atoms with Gasteiger partial charge in [-0.25, -0.2) is 4.98 Å². The molecule has 0 saturated heterocycles. The Morgan fingerprint density at radius 1 is 1.35 bits per heavy atom. The molecule has 2 N–H and O–H groups in total. The second-order valence-electron chi connectivity index (χ2n) is 5.09. The molecule has 1 aliphatic carbocycles. The summed E-state index contributed by atoms with van der Waals surface area (Å²) in [6.45, 7) is 1.84. The summed E-state index contributed by atoms with van der Waals surface area (Å²) in [7, 11) is 2.14. The van der Waals surface area contributed by atoms with Crippen LogP contribution in [0.4, 0.5) is 5.82 Å². The van der Waals surface area contributed by atoms with Crippen molar-refractivity contribution in [3.05, 3.63) is 23.9 Å². The number of aromatic nitrogens is 1. The molecule has 1 heterocycles. The molecule has 0 radical (unpaired) electrons. The van der Waals surface area contributed by atoms with Crippen LogP contribution in [-0.2, 0) is 6.42 Å². The fourth-order valence-electron chi connectivity index (χ4n) is 2.63. The Kier molecular flexibility index (Phi) is 4.37. The Balaban J connectivity index is 1.91. The van der Waals surface area contributed by atoms with Crippen LogP contribution in [0.1, 0.15) is 31.2 Å². The van der Waals surface area contributed by atoms with E-state index in [4.69, 9.17) is 5.73 Å². The number of hydrogen-bond donors (Lipinski definition) is 1.